The van der Waals surface area contributed by atoms with Gasteiger partial charge in [0, 0.05) is 38.3 Å². The summed E-state index contributed by atoms with van der Waals surface area (Å²) in [6.45, 7) is 12.3. The monoisotopic (exact) mass is 405 g/mol. The minimum atomic E-state index is 0.108. The van der Waals surface area contributed by atoms with Gasteiger partial charge in [0.2, 0.25) is 5.91 Å². The van der Waals surface area contributed by atoms with Crippen LogP contribution in [0.5, 0.6) is 0 Å². The molecule has 0 atom stereocenters. The van der Waals surface area contributed by atoms with Crippen LogP contribution in [0.4, 0.5) is 5.69 Å². The van der Waals surface area contributed by atoms with E-state index in [9.17, 15) is 4.79 Å². The van der Waals surface area contributed by atoms with Gasteiger partial charge in [-0.2, -0.15) is 0 Å². The average Bonchev–Trinajstić information content (AvgIpc) is 2.95. The molecule has 1 N–H and O–H groups in total. The van der Waals surface area contributed by atoms with Crippen molar-refractivity contribution in [3.63, 3.8) is 0 Å². The Morgan fingerprint density at radius 2 is 1.63 bits per heavy atom. The fraction of sp³-hybridized carbons (Fsp3) is 0.423. The van der Waals surface area contributed by atoms with Crippen molar-refractivity contribution in [2.45, 2.75) is 33.6 Å². The van der Waals surface area contributed by atoms with Gasteiger partial charge in [-0.1, -0.05) is 60.2 Å². The van der Waals surface area contributed by atoms with Gasteiger partial charge in [-0.3, -0.25) is 9.69 Å². The molecule has 2 aromatic rings. The second-order valence-electron chi connectivity index (χ2n) is 8.38. The standard InChI is InChI=1S/C26H35N3O/c1-21-19-22(2)26(23(3)20-21)27-25(30)12-16-29-15-8-14-28(17-18-29)13-7-11-24-9-5-4-6-10-24/h4-7,9-11,19-20H,8,12-18H2,1-3H3,(H,27,30)/b11-7+. The number of carbonyl (C=O) groups is 1. The van der Waals surface area contributed by atoms with Crippen molar-refractivity contribution < 1.29 is 4.79 Å². The zero-order valence-corrected chi connectivity index (χ0v) is 18.7. The highest BCUT2D eigenvalue weighted by atomic mass is 16.1. The minimum absolute atomic E-state index is 0.108. The zero-order valence-electron chi connectivity index (χ0n) is 18.7. The number of nitrogens with zero attached hydrogens (tertiary/aromatic N) is 2. The molecule has 1 aliphatic heterocycles. The number of carbonyl (C=O) groups excluding carboxylic acids is 1. The molecule has 3 rings (SSSR count). The van der Waals surface area contributed by atoms with Gasteiger partial charge in [-0.25, -0.2) is 0 Å². The third-order valence-electron chi connectivity index (χ3n) is 5.75. The van der Waals surface area contributed by atoms with Crippen LogP contribution in [0.2, 0.25) is 0 Å². The first kappa shape index (κ1) is 22.3. The van der Waals surface area contributed by atoms with Crippen molar-refractivity contribution in [3.05, 3.63) is 70.8 Å². The van der Waals surface area contributed by atoms with Crippen LogP contribution in [0.15, 0.2) is 48.5 Å². The SMILES string of the molecule is Cc1cc(C)c(NC(=O)CCN2CCCN(C/C=C/c3ccccc3)CC2)c(C)c1. The molecule has 0 radical (unpaired) electrons. The first-order valence-electron chi connectivity index (χ1n) is 11.1. The number of nitrogens with one attached hydrogen (secondary N) is 1. The maximum Gasteiger partial charge on any atom is 0.225 e. The van der Waals surface area contributed by atoms with Crippen molar-refractivity contribution >= 4 is 17.7 Å². The number of hydrogen-bond donors (Lipinski definition) is 1. The number of anilines is 1. The molecule has 4 nitrogen and oxygen atoms in total. The van der Waals surface area contributed by atoms with Crippen molar-refractivity contribution in [2.24, 2.45) is 0 Å². The van der Waals surface area contributed by atoms with E-state index in [1.165, 1.54) is 11.1 Å². The van der Waals surface area contributed by atoms with E-state index in [4.69, 9.17) is 0 Å². The van der Waals surface area contributed by atoms with Crippen LogP contribution in [-0.4, -0.2) is 55.0 Å². The van der Waals surface area contributed by atoms with E-state index in [0.29, 0.717) is 6.42 Å². The lowest BCUT2D eigenvalue weighted by Crippen LogP contribution is -2.33. The molecule has 0 aromatic heterocycles. The normalized spacial score (nSPS) is 16.0. The molecule has 30 heavy (non-hydrogen) atoms. The summed E-state index contributed by atoms with van der Waals surface area (Å²) in [5.41, 5.74) is 5.72. The Kier molecular flexibility index (Phi) is 8.23. The fourth-order valence-corrected chi connectivity index (χ4v) is 4.17. The van der Waals surface area contributed by atoms with E-state index in [-0.39, 0.29) is 5.91 Å². The van der Waals surface area contributed by atoms with E-state index in [2.05, 4.69) is 84.4 Å². The first-order valence-corrected chi connectivity index (χ1v) is 11.1. The highest BCUT2D eigenvalue weighted by Gasteiger charge is 2.15. The Hall–Kier alpha value is -2.43. The number of aryl methyl sites for hydroxylation is 3. The summed E-state index contributed by atoms with van der Waals surface area (Å²) in [4.78, 5) is 17.4. The van der Waals surface area contributed by atoms with E-state index >= 15 is 0 Å². The van der Waals surface area contributed by atoms with Gasteiger partial charge >= 0.3 is 0 Å². The number of benzene rings is 2. The fourth-order valence-electron chi connectivity index (χ4n) is 4.17. The molecule has 0 saturated carbocycles. The Morgan fingerprint density at radius 3 is 2.37 bits per heavy atom. The van der Waals surface area contributed by atoms with E-state index in [1.54, 1.807) is 0 Å². The first-order chi connectivity index (χ1) is 14.5. The summed E-state index contributed by atoms with van der Waals surface area (Å²) in [6.07, 6.45) is 6.14. The number of rotatable bonds is 7. The average molecular weight is 406 g/mol. The largest absolute Gasteiger partial charge is 0.326 e. The van der Waals surface area contributed by atoms with Gasteiger partial charge in [0.15, 0.2) is 0 Å². The Labute approximate surface area is 181 Å². The molecule has 4 heteroatoms. The van der Waals surface area contributed by atoms with Crippen LogP contribution in [0.3, 0.4) is 0 Å². The molecule has 160 valence electrons. The molecule has 1 aliphatic rings. The molecule has 1 saturated heterocycles. The van der Waals surface area contributed by atoms with Crippen LogP contribution in [0, 0.1) is 20.8 Å². The third-order valence-corrected chi connectivity index (χ3v) is 5.75. The highest BCUT2D eigenvalue weighted by molar-refractivity contribution is 5.92. The predicted molar refractivity (Wildman–Crippen MR) is 127 cm³/mol. The van der Waals surface area contributed by atoms with Gasteiger partial charge < -0.3 is 10.2 Å². The van der Waals surface area contributed by atoms with Crippen LogP contribution in [-0.2, 0) is 4.79 Å². The maximum atomic E-state index is 12.5. The highest BCUT2D eigenvalue weighted by Crippen LogP contribution is 2.22. The summed E-state index contributed by atoms with van der Waals surface area (Å²) in [6, 6.07) is 14.7. The molecule has 2 aromatic carbocycles. The van der Waals surface area contributed by atoms with Crippen LogP contribution >= 0.6 is 0 Å². The molecular weight excluding hydrogens is 370 g/mol. The number of amides is 1. The topological polar surface area (TPSA) is 35.6 Å². The molecule has 1 amide bonds. The molecule has 0 spiro atoms. The van der Waals surface area contributed by atoms with E-state index < -0.39 is 0 Å². The molecule has 0 aliphatic carbocycles. The van der Waals surface area contributed by atoms with Crippen LogP contribution in [0.1, 0.15) is 35.1 Å². The summed E-state index contributed by atoms with van der Waals surface area (Å²) < 4.78 is 0. The lowest BCUT2D eigenvalue weighted by Gasteiger charge is -2.21. The van der Waals surface area contributed by atoms with E-state index in [0.717, 1.165) is 62.5 Å². The number of hydrogen-bond acceptors (Lipinski definition) is 3. The minimum Gasteiger partial charge on any atom is -0.326 e. The van der Waals surface area contributed by atoms with Gasteiger partial charge in [0.05, 0.1) is 0 Å². The van der Waals surface area contributed by atoms with Crippen molar-refractivity contribution in [3.8, 4) is 0 Å². The summed E-state index contributed by atoms with van der Waals surface area (Å²) >= 11 is 0. The third kappa shape index (κ3) is 6.82. The molecule has 1 heterocycles. The molecule has 1 fully saturated rings. The summed E-state index contributed by atoms with van der Waals surface area (Å²) in [5.74, 6) is 0.108. The maximum absolute atomic E-state index is 12.5. The second-order valence-corrected chi connectivity index (χ2v) is 8.38. The Balaban J connectivity index is 1.41. The smallest absolute Gasteiger partial charge is 0.225 e. The van der Waals surface area contributed by atoms with Crippen molar-refractivity contribution in [1.82, 2.24) is 9.80 Å². The lowest BCUT2D eigenvalue weighted by atomic mass is 10.1. The Bertz CT molecular complexity index is 837. The molecular formula is C26H35N3O. The quantitative estimate of drug-likeness (QED) is 0.728. The lowest BCUT2D eigenvalue weighted by molar-refractivity contribution is -0.116. The van der Waals surface area contributed by atoms with Crippen molar-refractivity contribution in [2.75, 3.05) is 44.6 Å². The van der Waals surface area contributed by atoms with Gasteiger partial charge in [0.25, 0.3) is 0 Å². The summed E-state index contributed by atoms with van der Waals surface area (Å²) in [5, 5.41) is 3.13. The predicted octanol–water partition coefficient (Wildman–Crippen LogP) is 4.66. The van der Waals surface area contributed by atoms with Crippen molar-refractivity contribution in [1.29, 1.82) is 0 Å². The second kappa shape index (κ2) is 11.1. The van der Waals surface area contributed by atoms with Gasteiger partial charge in [-0.15, -0.1) is 0 Å². The molecule has 0 bridgehead atoms. The van der Waals surface area contributed by atoms with Crippen LogP contribution in [0.25, 0.3) is 6.08 Å². The zero-order chi connectivity index (χ0) is 21.3. The van der Waals surface area contributed by atoms with Gasteiger partial charge in [0.1, 0.15) is 0 Å². The Morgan fingerprint density at radius 1 is 0.967 bits per heavy atom. The van der Waals surface area contributed by atoms with E-state index in [1.807, 2.05) is 6.07 Å². The van der Waals surface area contributed by atoms with Gasteiger partial charge in [-0.05, 0) is 57.0 Å². The molecule has 0 unspecified atom stereocenters. The van der Waals surface area contributed by atoms with Crippen LogP contribution < -0.4 is 5.32 Å². The summed E-state index contributed by atoms with van der Waals surface area (Å²) in [7, 11) is 0.